The minimum Gasteiger partial charge on any atom is -0.386 e. The Labute approximate surface area is 157 Å². The van der Waals surface area contributed by atoms with Crippen molar-refractivity contribution in [1.29, 1.82) is 0 Å². The van der Waals surface area contributed by atoms with Gasteiger partial charge in [0.2, 0.25) is 0 Å². The summed E-state index contributed by atoms with van der Waals surface area (Å²) in [7, 11) is 5.78. The lowest BCUT2D eigenvalue weighted by atomic mass is 9.90. The zero-order valence-corrected chi connectivity index (χ0v) is 16.5. The SMILES string of the molecule is CNC1CCNC(NC2CCC(OC)C(OCC3(O)CCN(C)C3)C2)N1. The number of hydrogen-bond acceptors (Lipinski definition) is 8. The topological polar surface area (TPSA) is 90.0 Å². The molecule has 6 atom stereocenters. The molecule has 3 fully saturated rings. The molecule has 2 aliphatic heterocycles. The first-order chi connectivity index (χ1) is 12.5. The lowest BCUT2D eigenvalue weighted by molar-refractivity contribution is -0.124. The number of β-amino-alcohol motifs (C(OH)–C–C–N with tert-alkyl or cyclic N) is 1. The first-order valence-electron chi connectivity index (χ1n) is 9.99. The molecular formula is C18H37N5O3. The Balaban J connectivity index is 1.49. The van der Waals surface area contributed by atoms with Crippen molar-refractivity contribution in [3.05, 3.63) is 0 Å². The van der Waals surface area contributed by atoms with E-state index in [-0.39, 0.29) is 18.5 Å². The van der Waals surface area contributed by atoms with E-state index in [4.69, 9.17) is 9.47 Å². The Hall–Kier alpha value is -0.320. The lowest BCUT2D eigenvalue weighted by Crippen LogP contribution is -2.66. The Morgan fingerprint density at radius 1 is 1.27 bits per heavy atom. The van der Waals surface area contributed by atoms with E-state index in [2.05, 4.69) is 26.2 Å². The molecule has 0 radical (unpaired) electrons. The molecule has 1 saturated carbocycles. The summed E-state index contributed by atoms with van der Waals surface area (Å²) < 4.78 is 11.8. The summed E-state index contributed by atoms with van der Waals surface area (Å²) in [5.74, 6) is 0. The van der Waals surface area contributed by atoms with Crippen molar-refractivity contribution in [3.63, 3.8) is 0 Å². The fourth-order valence-electron chi connectivity index (χ4n) is 4.42. The van der Waals surface area contributed by atoms with Gasteiger partial charge in [-0.05, 0) is 46.2 Å². The lowest BCUT2D eigenvalue weighted by Gasteiger charge is -2.40. The van der Waals surface area contributed by atoms with E-state index in [0.29, 0.717) is 25.4 Å². The van der Waals surface area contributed by atoms with Crippen LogP contribution in [0.4, 0.5) is 0 Å². The second-order valence-corrected chi connectivity index (χ2v) is 8.20. The van der Waals surface area contributed by atoms with Gasteiger partial charge in [-0.1, -0.05) is 0 Å². The molecule has 152 valence electrons. The first kappa shape index (κ1) is 20.4. The molecule has 2 heterocycles. The molecule has 5 N–H and O–H groups in total. The second-order valence-electron chi connectivity index (χ2n) is 8.20. The van der Waals surface area contributed by atoms with Crippen LogP contribution in [0, 0.1) is 0 Å². The summed E-state index contributed by atoms with van der Waals surface area (Å²) in [6.07, 6.45) is 5.35. The summed E-state index contributed by atoms with van der Waals surface area (Å²) in [5, 5.41) is 24.7. The Kier molecular flexibility index (Phi) is 7.26. The maximum atomic E-state index is 10.7. The highest BCUT2D eigenvalue weighted by molar-refractivity contribution is 4.92. The van der Waals surface area contributed by atoms with Crippen molar-refractivity contribution in [2.24, 2.45) is 0 Å². The zero-order chi connectivity index (χ0) is 18.6. The molecule has 0 aromatic heterocycles. The van der Waals surface area contributed by atoms with E-state index in [1.54, 1.807) is 7.11 Å². The van der Waals surface area contributed by atoms with Gasteiger partial charge in [-0.3, -0.25) is 16.0 Å². The fraction of sp³-hybridized carbons (Fsp3) is 1.00. The Morgan fingerprint density at radius 3 is 2.81 bits per heavy atom. The molecule has 0 bridgehead atoms. The monoisotopic (exact) mass is 371 g/mol. The van der Waals surface area contributed by atoms with Gasteiger partial charge >= 0.3 is 0 Å². The molecule has 0 spiro atoms. The van der Waals surface area contributed by atoms with Gasteiger partial charge in [0.15, 0.2) is 0 Å². The maximum Gasteiger partial charge on any atom is 0.113 e. The van der Waals surface area contributed by atoms with Crippen molar-refractivity contribution >= 4 is 0 Å². The molecule has 0 aromatic rings. The van der Waals surface area contributed by atoms with Crippen LogP contribution in [0.1, 0.15) is 32.1 Å². The number of nitrogens with zero attached hydrogens (tertiary/aromatic N) is 1. The number of aliphatic hydroxyl groups is 1. The van der Waals surface area contributed by atoms with E-state index in [1.807, 2.05) is 14.1 Å². The van der Waals surface area contributed by atoms with Gasteiger partial charge in [-0.15, -0.1) is 0 Å². The Bertz CT molecular complexity index is 443. The average molecular weight is 372 g/mol. The number of methoxy groups -OCH3 is 1. The minimum absolute atomic E-state index is 0.0184. The summed E-state index contributed by atoms with van der Waals surface area (Å²) >= 11 is 0. The largest absolute Gasteiger partial charge is 0.386 e. The van der Waals surface area contributed by atoms with Crippen molar-refractivity contribution in [2.75, 3.05) is 47.4 Å². The second kappa shape index (κ2) is 9.25. The van der Waals surface area contributed by atoms with Gasteiger partial charge in [0.25, 0.3) is 0 Å². The van der Waals surface area contributed by atoms with Crippen molar-refractivity contribution in [3.8, 4) is 0 Å². The van der Waals surface area contributed by atoms with Crippen LogP contribution in [0.5, 0.6) is 0 Å². The van der Waals surface area contributed by atoms with E-state index in [9.17, 15) is 5.11 Å². The molecule has 8 nitrogen and oxygen atoms in total. The highest BCUT2D eigenvalue weighted by atomic mass is 16.5. The van der Waals surface area contributed by atoms with Crippen LogP contribution >= 0.6 is 0 Å². The van der Waals surface area contributed by atoms with Crippen LogP contribution in [0.15, 0.2) is 0 Å². The number of likely N-dealkylation sites (tertiary alicyclic amines) is 1. The smallest absolute Gasteiger partial charge is 0.113 e. The molecule has 6 unspecified atom stereocenters. The van der Waals surface area contributed by atoms with Gasteiger partial charge in [0.1, 0.15) is 11.9 Å². The van der Waals surface area contributed by atoms with Crippen LogP contribution in [0.3, 0.4) is 0 Å². The van der Waals surface area contributed by atoms with Crippen LogP contribution in [-0.2, 0) is 9.47 Å². The van der Waals surface area contributed by atoms with Crippen molar-refractivity contribution < 1.29 is 14.6 Å². The van der Waals surface area contributed by atoms with Crippen LogP contribution in [0.2, 0.25) is 0 Å². The number of likely N-dealkylation sites (N-methyl/N-ethyl adjacent to an activating group) is 1. The van der Waals surface area contributed by atoms with Gasteiger partial charge in [0, 0.05) is 32.8 Å². The highest BCUT2D eigenvalue weighted by Gasteiger charge is 2.38. The van der Waals surface area contributed by atoms with E-state index in [0.717, 1.165) is 45.2 Å². The third-order valence-electron chi connectivity index (χ3n) is 6.02. The number of nitrogens with one attached hydrogen (secondary N) is 4. The van der Waals surface area contributed by atoms with E-state index in [1.165, 1.54) is 0 Å². The number of rotatable bonds is 7. The third kappa shape index (κ3) is 5.36. The molecule has 0 aromatic carbocycles. The molecule has 26 heavy (non-hydrogen) atoms. The van der Waals surface area contributed by atoms with E-state index >= 15 is 0 Å². The number of hydrogen-bond donors (Lipinski definition) is 5. The average Bonchev–Trinajstić information content (AvgIpc) is 2.99. The van der Waals surface area contributed by atoms with Crippen LogP contribution in [-0.4, -0.2) is 93.8 Å². The molecule has 3 aliphatic rings. The molecule has 1 aliphatic carbocycles. The van der Waals surface area contributed by atoms with Gasteiger partial charge in [-0.25, -0.2) is 0 Å². The predicted molar refractivity (Wildman–Crippen MR) is 101 cm³/mol. The first-order valence-corrected chi connectivity index (χ1v) is 9.99. The molecule has 0 amide bonds. The maximum absolute atomic E-state index is 10.7. The van der Waals surface area contributed by atoms with Gasteiger partial charge < -0.3 is 24.8 Å². The summed E-state index contributed by atoms with van der Waals surface area (Å²) in [6, 6.07) is 0.368. The molecule has 3 rings (SSSR count). The standard InChI is InChI=1S/C18H37N5O3/c1-19-16-6-8-20-17(22-16)21-13-4-5-14(25-3)15(10-13)26-12-18(24)7-9-23(2)11-18/h13-17,19-22,24H,4-12H2,1-3H3. The molecular weight excluding hydrogens is 334 g/mol. The third-order valence-corrected chi connectivity index (χ3v) is 6.02. The van der Waals surface area contributed by atoms with Gasteiger partial charge in [-0.2, -0.15) is 0 Å². The molecule has 8 heteroatoms. The summed E-state index contributed by atoms with van der Waals surface area (Å²) in [6.45, 7) is 2.98. The Morgan fingerprint density at radius 2 is 2.12 bits per heavy atom. The van der Waals surface area contributed by atoms with Gasteiger partial charge in [0.05, 0.1) is 25.0 Å². The quantitative estimate of drug-likeness (QED) is 0.390. The summed E-state index contributed by atoms with van der Waals surface area (Å²) in [4.78, 5) is 2.15. The van der Waals surface area contributed by atoms with E-state index < -0.39 is 5.60 Å². The molecule has 2 saturated heterocycles. The fourth-order valence-corrected chi connectivity index (χ4v) is 4.42. The van der Waals surface area contributed by atoms with Crippen LogP contribution < -0.4 is 21.3 Å². The zero-order valence-electron chi connectivity index (χ0n) is 16.5. The summed E-state index contributed by atoms with van der Waals surface area (Å²) in [5.41, 5.74) is -0.722. The van der Waals surface area contributed by atoms with Crippen LogP contribution in [0.25, 0.3) is 0 Å². The predicted octanol–water partition coefficient (Wildman–Crippen LogP) is -0.993. The van der Waals surface area contributed by atoms with Crippen molar-refractivity contribution in [1.82, 2.24) is 26.2 Å². The normalized spacial score (nSPS) is 42.2. The van der Waals surface area contributed by atoms with Crippen molar-refractivity contribution in [2.45, 2.75) is 68.4 Å². The number of ether oxygens (including phenoxy) is 2. The minimum atomic E-state index is -0.722. The highest BCUT2D eigenvalue weighted by Crippen LogP contribution is 2.27.